The van der Waals surface area contributed by atoms with Gasteiger partial charge in [0.05, 0.1) is 6.61 Å². The molecule has 2 heteroatoms. The molecule has 2 nitrogen and oxygen atoms in total. The SMILES string of the molecule is NCCCCCOC(=C1CCC1)c1ccc(C2CC2)cc1. The minimum absolute atomic E-state index is 0.788. The molecule has 0 atom stereocenters. The summed E-state index contributed by atoms with van der Waals surface area (Å²) in [6, 6.07) is 9.11. The van der Waals surface area contributed by atoms with Crippen molar-refractivity contribution in [1.29, 1.82) is 0 Å². The lowest BCUT2D eigenvalue weighted by Crippen LogP contribution is -2.06. The molecule has 0 radical (unpaired) electrons. The number of rotatable bonds is 8. The zero-order valence-electron chi connectivity index (χ0n) is 12.9. The van der Waals surface area contributed by atoms with E-state index in [0.717, 1.165) is 37.7 Å². The summed E-state index contributed by atoms with van der Waals surface area (Å²) in [7, 11) is 0. The van der Waals surface area contributed by atoms with Gasteiger partial charge >= 0.3 is 0 Å². The standard InChI is InChI=1S/C19H27NO/c20-13-2-1-3-14-21-19(17-5-4-6-17)18-11-9-16(10-12-18)15-7-8-15/h9-12,15H,1-8,13-14,20H2. The quantitative estimate of drug-likeness (QED) is 0.559. The van der Waals surface area contributed by atoms with Crippen molar-refractivity contribution in [3.05, 3.63) is 41.0 Å². The third-order valence-electron chi connectivity index (χ3n) is 4.59. The average Bonchev–Trinajstić information content (AvgIpc) is 3.29. The summed E-state index contributed by atoms with van der Waals surface area (Å²) in [5, 5.41) is 0. The van der Waals surface area contributed by atoms with Crippen LogP contribution < -0.4 is 5.73 Å². The summed E-state index contributed by atoms with van der Waals surface area (Å²) >= 11 is 0. The summed E-state index contributed by atoms with van der Waals surface area (Å²) in [4.78, 5) is 0. The number of hydrogen-bond donors (Lipinski definition) is 1. The third-order valence-corrected chi connectivity index (χ3v) is 4.59. The first kappa shape index (κ1) is 14.6. The molecule has 114 valence electrons. The summed E-state index contributed by atoms with van der Waals surface area (Å²) in [5.74, 6) is 1.99. The van der Waals surface area contributed by atoms with Crippen LogP contribution in [0.1, 0.15) is 68.4 Å². The first-order valence-corrected chi connectivity index (χ1v) is 8.53. The van der Waals surface area contributed by atoms with Gasteiger partial charge in [0, 0.05) is 5.56 Å². The van der Waals surface area contributed by atoms with Gasteiger partial charge in [-0.15, -0.1) is 0 Å². The molecule has 3 rings (SSSR count). The van der Waals surface area contributed by atoms with E-state index in [-0.39, 0.29) is 0 Å². The van der Waals surface area contributed by atoms with Crippen LogP contribution in [-0.2, 0) is 4.74 Å². The number of allylic oxidation sites excluding steroid dienone is 1. The van der Waals surface area contributed by atoms with Gasteiger partial charge < -0.3 is 10.5 Å². The van der Waals surface area contributed by atoms with Crippen molar-refractivity contribution >= 4 is 5.76 Å². The maximum Gasteiger partial charge on any atom is 0.125 e. The molecular weight excluding hydrogens is 258 g/mol. The Bertz CT molecular complexity index is 479. The van der Waals surface area contributed by atoms with Gasteiger partial charge in [-0.2, -0.15) is 0 Å². The van der Waals surface area contributed by atoms with Crippen molar-refractivity contribution in [2.75, 3.05) is 13.2 Å². The highest BCUT2D eigenvalue weighted by Gasteiger charge is 2.23. The second-order valence-electron chi connectivity index (χ2n) is 6.38. The van der Waals surface area contributed by atoms with Gasteiger partial charge in [-0.25, -0.2) is 0 Å². The number of nitrogens with two attached hydrogens (primary N) is 1. The van der Waals surface area contributed by atoms with Crippen molar-refractivity contribution in [1.82, 2.24) is 0 Å². The molecule has 2 N–H and O–H groups in total. The third kappa shape index (κ3) is 3.88. The lowest BCUT2D eigenvalue weighted by atomic mass is 9.89. The van der Waals surface area contributed by atoms with Crippen molar-refractivity contribution in [2.24, 2.45) is 5.73 Å². The molecule has 0 aromatic heterocycles. The van der Waals surface area contributed by atoms with Crippen molar-refractivity contribution < 1.29 is 4.74 Å². The first-order valence-electron chi connectivity index (χ1n) is 8.53. The Kier molecular flexibility index (Phi) is 4.97. The van der Waals surface area contributed by atoms with Gasteiger partial charge in [0.15, 0.2) is 0 Å². The van der Waals surface area contributed by atoms with Gasteiger partial charge in [0.2, 0.25) is 0 Å². The smallest absolute Gasteiger partial charge is 0.125 e. The van der Waals surface area contributed by atoms with Crippen LogP contribution in [0, 0.1) is 0 Å². The van der Waals surface area contributed by atoms with E-state index < -0.39 is 0 Å². The molecule has 0 heterocycles. The molecule has 0 saturated heterocycles. The summed E-state index contributed by atoms with van der Waals surface area (Å²) in [6.07, 6.45) is 9.84. The van der Waals surface area contributed by atoms with E-state index in [2.05, 4.69) is 24.3 Å². The fourth-order valence-corrected chi connectivity index (χ4v) is 2.89. The molecule has 2 saturated carbocycles. The Labute approximate surface area is 128 Å². The van der Waals surface area contributed by atoms with Crippen LogP contribution in [0.25, 0.3) is 5.76 Å². The summed E-state index contributed by atoms with van der Waals surface area (Å²) in [5.41, 5.74) is 9.81. The molecule has 2 fully saturated rings. The summed E-state index contributed by atoms with van der Waals surface area (Å²) in [6.45, 7) is 1.61. The largest absolute Gasteiger partial charge is 0.493 e. The highest BCUT2D eigenvalue weighted by molar-refractivity contribution is 5.64. The van der Waals surface area contributed by atoms with E-state index in [1.54, 1.807) is 0 Å². The number of ether oxygens (including phenoxy) is 1. The highest BCUT2D eigenvalue weighted by atomic mass is 16.5. The second kappa shape index (κ2) is 7.13. The second-order valence-corrected chi connectivity index (χ2v) is 6.38. The maximum atomic E-state index is 6.13. The Morgan fingerprint density at radius 1 is 1.05 bits per heavy atom. The minimum Gasteiger partial charge on any atom is -0.493 e. The lowest BCUT2D eigenvalue weighted by Gasteiger charge is -2.23. The molecular formula is C19H27NO. The van der Waals surface area contributed by atoms with E-state index in [0.29, 0.717) is 0 Å². The number of unbranched alkanes of at least 4 members (excludes halogenated alkanes) is 2. The molecule has 21 heavy (non-hydrogen) atoms. The fraction of sp³-hybridized carbons (Fsp3) is 0.579. The van der Waals surface area contributed by atoms with Crippen LogP contribution in [0.15, 0.2) is 29.8 Å². The zero-order valence-corrected chi connectivity index (χ0v) is 12.9. The molecule has 0 unspecified atom stereocenters. The lowest BCUT2D eigenvalue weighted by molar-refractivity contribution is 0.261. The number of benzene rings is 1. The van der Waals surface area contributed by atoms with Crippen molar-refractivity contribution in [3.63, 3.8) is 0 Å². The van der Waals surface area contributed by atoms with Crippen LogP contribution in [0.4, 0.5) is 0 Å². The number of hydrogen-bond acceptors (Lipinski definition) is 2. The predicted octanol–water partition coefficient (Wildman–Crippen LogP) is 4.60. The topological polar surface area (TPSA) is 35.2 Å². The summed E-state index contributed by atoms with van der Waals surface area (Å²) < 4.78 is 6.13. The molecule has 0 amide bonds. The van der Waals surface area contributed by atoms with E-state index in [9.17, 15) is 0 Å². The molecule has 0 bridgehead atoms. The van der Waals surface area contributed by atoms with E-state index in [1.807, 2.05) is 0 Å². The normalized spacial score (nSPS) is 17.5. The highest BCUT2D eigenvalue weighted by Crippen LogP contribution is 2.41. The Balaban J connectivity index is 1.62. The van der Waals surface area contributed by atoms with Gasteiger partial charge in [-0.3, -0.25) is 0 Å². The van der Waals surface area contributed by atoms with Crippen molar-refractivity contribution in [2.45, 2.75) is 57.3 Å². The maximum absolute atomic E-state index is 6.13. The average molecular weight is 285 g/mol. The van der Waals surface area contributed by atoms with Gasteiger partial charge in [-0.05, 0) is 75.0 Å². The fourth-order valence-electron chi connectivity index (χ4n) is 2.89. The van der Waals surface area contributed by atoms with E-state index >= 15 is 0 Å². The molecule has 0 aliphatic heterocycles. The molecule has 1 aromatic rings. The molecule has 2 aliphatic rings. The van der Waals surface area contributed by atoms with E-state index in [1.165, 1.54) is 55.2 Å². The Hall–Kier alpha value is -1.28. The monoisotopic (exact) mass is 285 g/mol. The molecule has 2 aliphatic carbocycles. The molecule has 0 spiro atoms. The van der Waals surface area contributed by atoms with Crippen LogP contribution >= 0.6 is 0 Å². The van der Waals surface area contributed by atoms with Gasteiger partial charge in [0.25, 0.3) is 0 Å². The van der Waals surface area contributed by atoms with Crippen LogP contribution in [0.2, 0.25) is 0 Å². The van der Waals surface area contributed by atoms with Crippen molar-refractivity contribution in [3.8, 4) is 0 Å². The predicted molar refractivity (Wildman–Crippen MR) is 88.0 cm³/mol. The van der Waals surface area contributed by atoms with E-state index in [4.69, 9.17) is 10.5 Å². The van der Waals surface area contributed by atoms with Crippen LogP contribution in [0.3, 0.4) is 0 Å². The first-order chi connectivity index (χ1) is 10.4. The molecule has 1 aromatic carbocycles. The Morgan fingerprint density at radius 3 is 2.38 bits per heavy atom. The van der Waals surface area contributed by atoms with Crippen LogP contribution in [-0.4, -0.2) is 13.2 Å². The van der Waals surface area contributed by atoms with Gasteiger partial charge in [-0.1, -0.05) is 24.3 Å². The van der Waals surface area contributed by atoms with Gasteiger partial charge in [0.1, 0.15) is 5.76 Å². The minimum atomic E-state index is 0.788. The zero-order chi connectivity index (χ0) is 14.5. The van der Waals surface area contributed by atoms with Crippen LogP contribution in [0.5, 0.6) is 0 Å². The Morgan fingerprint density at radius 2 is 1.81 bits per heavy atom.